The summed E-state index contributed by atoms with van der Waals surface area (Å²) in [6.45, 7) is 0. The van der Waals surface area contributed by atoms with Crippen LogP contribution in [0.1, 0.15) is 74.0 Å². The van der Waals surface area contributed by atoms with Crippen LogP contribution in [-0.2, 0) is 0 Å². The van der Waals surface area contributed by atoms with E-state index in [1.165, 1.54) is 18.2 Å². The average molecular weight is 505 g/mol. The van der Waals surface area contributed by atoms with E-state index >= 15 is 0 Å². The SMILES string of the molecule is Nc1c(C(=O)O)ccc2c1C(=O)c1ccccc1C2=O.Nc1ccc(N)c2c1C(=O)c1ccccc1C2=O. The summed E-state index contributed by atoms with van der Waals surface area (Å²) in [5.41, 5.74) is 19.5. The summed E-state index contributed by atoms with van der Waals surface area (Å²) in [5, 5.41) is 9.04. The van der Waals surface area contributed by atoms with E-state index in [4.69, 9.17) is 22.3 Å². The summed E-state index contributed by atoms with van der Waals surface area (Å²) >= 11 is 0. The van der Waals surface area contributed by atoms with Crippen molar-refractivity contribution in [3.05, 3.63) is 123 Å². The average Bonchev–Trinajstić information content (AvgIpc) is 2.91. The van der Waals surface area contributed by atoms with Gasteiger partial charge in [-0.3, -0.25) is 19.2 Å². The fraction of sp³-hybridized carbons (Fsp3) is 0. The number of anilines is 3. The van der Waals surface area contributed by atoms with Crippen LogP contribution < -0.4 is 17.2 Å². The molecule has 0 bridgehead atoms. The molecule has 9 nitrogen and oxygen atoms in total. The summed E-state index contributed by atoms with van der Waals surface area (Å²) < 4.78 is 0. The Morgan fingerprint density at radius 2 is 0.895 bits per heavy atom. The van der Waals surface area contributed by atoms with Crippen LogP contribution >= 0.6 is 0 Å². The lowest BCUT2D eigenvalue weighted by Gasteiger charge is -2.20. The Hall–Kier alpha value is -5.57. The maximum absolute atomic E-state index is 12.4. The van der Waals surface area contributed by atoms with Crippen LogP contribution in [0.4, 0.5) is 17.1 Å². The first-order valence-corrected chi connectivity index (χ1v) is 11.3. The minimum absolute atomic E-state index is 0.0198. The molecule has 0 aliphatic heterocycles. The molecule has 0 fully saturated rings. The van der Waals surface area contributed by atoms with E-state index in [0.29, 0.717) is 16.7 Å². The molecule has 2 aliphatic carbocycles. The largest absolute Gasteiger partial charge is 0.478 e. The lowest BCUT2D eigenvalue weighted by molar-refractivity contribution is 0.0697. The molecule has 0 radical (unpaired) electrons. The Morgan fingerprint density at radius 1 is 0.500 bits per heavy atom. The molecule has 4 aromatic carbocycles. The summed E-state index contributed by atoms with van der Waals surface area (Å²) in [4.78, 5) is 60.5. The van der Waals surface area contributed by atoms with Gasteiger partial charge >= 0.3 is 5.97 Å². The van der Waals surface area contributed by atoms with Crippen LogP contribution in [0.5, 0.6) is 0 Å². The van der Waals surface area contributed by atoms with Gasteiger partial charge in [0.25, 0.3) is 0 Å². The molecule has 7 N–H and O–H groups in total. The van der Waals surface area contributed by atoms with Gasteiger partial charge < -0.3 is 22.3 Å². The van der Waals surface area contributed by atoms with Crippen LogP contribution in [-0.4, -0.2) is 34.2 Å². The quantitative estimate of drug-likeness (QED) is 0.243. The molecule has 4 aromatic rings. The van der Waals surface area contributed by atoms with Gasteiger partial charge in [0.15, 0.2) is 23.1 Å². The van der Waals surface area contributed by atoms with Gasteiger partial charge in [0, 0.05) is 39.2 Å². The number of fused-ring (bicyclic) bond motifs is 4. The van der Waals surface area contributed by atoms with Gasteiger partial charge in [-0.1, -0.05) is 48.5 Å². The monoisotopic (exact) mass is 505 g/mol. The van der Waals surface area contributed by atoms with Crippen molar-refractivity contribution < 1.29 is 29.1 Å². The number of aromatic carboxylic acids is 1. The van der Waals surface area contributed by atoms with E-state index in [9.17, 15) is 24.0 Å². The topological polar surface area (TPSA) is 184 Å². The minimum Gasteiger partial charge on any atom is -0.478 e. The van der Waals surface area contributed by atoms with Gasteiger partial charge in [-0.05, 0) is 24.3 Å². The second-order valence-electron chi connectivity index (χ2n) is 8.66. The second kappa shape index (κ2) is 8.82. The number of benzene rings is 4. The highest BCUT2D eigenvalue weighted by Gasteiger charge is 2.33. The molecule has 0 heterocycles. The van der Waals surface area contributed by atoms with E-state index < -0.39 is 11.8 Å². The molecular weight excluding hydrogens is 486 g/mol. The smallest absolute Gasteiger partial charge is 0.337 e. The third kappa shape index (κ3) is 3.53. The van der Waals surface area contributed by atoms with Crippen molar-refractivity contribution in [2.24, 2.45) is 0 Å². The predicted molar refractivity (Wildman–Crippen MR) is 140 cm³/mol. The van der Waals surface area contributed by atoms with Crippen molar-refractivity contribution >= 4 is 46.2 Å². The van der Waals surface area contributed by atoms with E-state index in [-0.39, 0.29) is 67.8 Å². The van der Waals surface area contributed by atoms with Gasteiger partial charge in [-0.25, -0.2) is 4.79 Å². The molecule has 9 heteroatoms. The molecule has 0 atom stereocenters. The lowest BCUT2D eigenvalue weighted by Crippen LogP contribution is -2.23. The molecule has 38 heavy (non-hydrogen) atoms. The van der Waals surface area contributed by atoms with Crippen molar-refractivity contribution in [3.63, 3.8) is 0 Å². The minimum atomic E-state index is -1.23. The fourth-order valence-corrected chi connectivity index (χ4v) is 4.67. The molecule has 0 saturated carbocycles. The van der Waals surface area contributed by atoms with Gasteiger partial charge in [-0.2, -0.15) is 0 Å². The summed E-state index contributed by atoms with van der Waals surface area (Å²) in [7, 11) is 0. The van der Waals surface area contributed by atoms with Crippen LogP contribution in [0.3, 0.4) is 0 Å². The van der Waals surface area contributed by atoms with Gasteiger partial charge in [0.2, 0.25) is 0 Å². The third-order valence-corrected chi connectivity index (χ3v) is 6.50. The number of carboxylic acids is 1. The number of hydrogen-bond donors (Lipinski definition) is 4. The van der Waals surface area contributed by atoms with Crippen molar-refractivity contribution in [1.82, 2.24) is 0 Å². The number of hydrogen-bond acceptors (Lipinski definition) is 8. The van der Waals surface area contributed by atoms with Gasteiger partial charge in [0.1, 0.15) is 0 Å². The first-order valence-electron chi connectivity index (χ1n) is 11.3. The van der Waals surface area contributed by atoms with Gasteiger partial charge in [0.05, 0.1) is 27.9 Å². The number of nitrogens with two attached hydrogens (primary N) is 3. The predicted octanol–water partition coefficient (Wildman–Crippen LogP) is 3.37. The second-order valence-corrected chi connectivity index (χ2v) is 8.66. The van der Waals surface area contributed by atoms with Gasteiger partial charge in [-0.15, -0.1) is 0 Å². The van der Waals surface area contributed by atoms with E-state index in [1.807, 2.05) is 0 Å². The maximum atomic E-state index is 12.4. The molecule has 0 amide bonds. The van der Waals surface area contributed by atoms with Crippen LogP contribution in [0.15, 0.2) is 72.8 Å². The molecule has 0 saturated heterocycles. The number of carboxylic acid groups (broad SMARTS) is 1. The van der Waals surface area contributed by atoms with Crippen LogP contribution in [0, 0.1) is 0 Å². The van der Waals surface area contributed by atoms with Crippen LogP contribution in [0.2, 0.25) is 0 Å². The molecule has 0 aromatic heterocycles. The number of carbonyl (C=O) groups excluding carboxylic acids is 4. The first kappa shape index (κ1) is 24.1. The zero-order chi connectivity index (χ0) is 27.3. The number of nitrogen functional groups attached to an aromatic ring is 3. The zero-order valence-electron chi connectivity index (χ0n) is 19.6. The molecule has 0 unspecified atom stereocenters. The Balaban J connectivity index is 0.000000156. The summed E-state index contributed by atoms with van der Waals surface area (Å²) in [6.07, 6.45) is 0. The van der Waals surface area contributed by atoms with Crippen molar-refractivity contribution in [2.45, 2.75) is 0 Å². The molecule has 2 aliphatic rings. The molecular formula is C29H19N3O6. The van der Waals surface area contributed by atoms with Crippen LogP contribution in [0.25, 0.3) is 0 Å². The van der Waals surface area contributed by atoms with Crippen molar-refractivity contribution in [2.75, 3.05) is 17.2 Å². The van der Waals surface area contributed by atoms with Crippen molar-refractivity contribution in [1.29, 1.82) is 0 Å². The maximum Gasteiger partial charge on any atom is 0.337 e. The highest BCUT2D eigenvalue weighted by Crippen LogP contribution is 2.34. The van der Waals surface area contributed by atoms with E-state index in [2.05, 4.69) is 0 Å². The number of ketones is 4. The zero-order valence-corrected chi connectivity index (χ0v) is 19.6. The van der Waals surface area contributed by atoms with E-state index in [0.717, 1.165) is 0 Å². The molecule has 6 rings (SSSR count). The Labute approximate surface area is 215 Å². The third-order valence-electron chi connectivity index (χ3n) is 6.50. The normalized spacial score (nSPS) is 12.9. The first-order chi connectivity index (χ1) is 18.1. The lowest BCUT2D eigenvalue weighted by atomic mass is 9.82. The summed E-state index contributed by atoms with van der Waals surface area (Å²) in [6, 6.07) is 18.8. The summed E-state index contributed by atoms with van der Waals surface area (Å²) in [5.74, 6) is -2.46. The Bertz CT molecular complexity index is 1700. The Morgan fingerprint density at radius 3 is 1.32 bits per heavy atom. The standard InChI is InChI=1S/C15H9NO4.C14H10N2O2/c16-12-10(15(19)20)6-5-9-11(12)14(18)8-4-2-1-3-7(8)13(9)17;15-9-5-6-10(16)12-11(9)13(17)7-3-1-2-4-8(7)14(12)18/h1-6H,16H2,(H,19,20);1-6H,15-16H2. The highest BCUT2D eigenvalue weighted by molar-refractivity contribution is 6.32. The van der Waals surface area contributed by atoms with Crippen molar-refractivity contribution in [3.8, 4) is 0 Å². The molecule has 186 valence electrons. The molecule has 0 spiro atoms. The number of carbonyl (C=O) groups is 5. The fourth-order valence-electron chi connectivity index (χ4n) is 4.67. The van der Waals surface area contributed by atoms with E-state index in [1.54, 1.807) is 54.6 Å². The Kier molecular flexibility index (Phi) is 5.61. The highest BCUT2D eigenvalue weighted by atomic mass is 16.4. The number of rotatable bonds is 1.